The van der Waals surface area contributed by atoms with Gasteiger partial charge in [0.05, 0.1) is 0 Å². The molecule has 0 aromatic heterocycles. The van der Waals surface area contributed by atoms with Crippen LogP contribution in [0.1, 0.15) is 0 Å². The molecule has 3 aromatic carbocycles. The molecule has 0 saturated carbocycles. The van der Waals surface area contributed by atoms with E-state index in [0.717, 1.165) is 24.9 Å². The van der Waals surface area contributed by atoms with Crippen LogP contribution >= 0.6 is 0 Å². The number of carbonyl (C=O) groups excluding carboxylic acids is 2. The molecule has 3 rings (SSSR count). The van der Waals surface area contributed by atoms with Crippen molar-refractivity contribution in [2.75, 3.05) is 0 Å². The van der Waals surface area contributed by atoms with E-state index < -0.39 is 17.6 Å². The maximum Gasteiger partial charge on any atom is 0.335 e. The van der Waals surface area contributed by atoms with E-state index in [0.29, 0.717) is 22.6 Å². The Labute approximate surface area is 194 Å². The summed E-state index contributed by atoms with van der Waals surface area (Å²) in [6.45, 7) is 3.51. The molecular weight excluding hydrogens is 446 g/mol. The van der Waals surface area contributed by atoms with Gasteiger partial charge in [-0.3, -0.25) is 4.79 Å². The first-order chi connectivity index (χ1) is 16.5. The highest BCUT2D eigenvalue weighted by Gasteiger charge is 2.16. The van der Waals surface area contributed by atoms with Crippen molar-refractivity contribution in [1.82, 2.24) is 0 Å². The summed E-state index contributed by atoms with van der Waals surface area (Å²) in [6.07, 6.45) is 5.46. The Morgan fingerprint density at radius 3 is 1.62 bits per heavy atom. The average molecular weight is 464 g/mol. The van der Waals surface area contributed by atoms with Crippen LogP contribution in [0.5, 0.6) is 11.5 Å². The first kappa shape index (κ1) is 23.9. The number of esters is 1. The summed E-state index contributed by atoms with van der Waals surface area (Å²) < 4.78 is 49.2. The van der Waals surface area contributed by atoms with Gasteiger partial charge in [-0.05, 0) is 35.4 Å². The predicted molar refractivity (Wildman–Crippen MR) is 120 cm³/mol. The van der Waals surface area contributed by atoms with Gasteiger partial charge in [0.1, 0.15) is 36.5 Å². The van der Waals surface area contributed by atoms with Gasteiger partial charge in [-0.25, -0.2) is 13.6 Å². The van der Waals surface area contributed by atoms with Gasteiger partial charge in [-0.15, -0.1) is 0 Å². The number of halogens is 2. The minimum atomic E-state index is -0.989. The Morgan fingerprint density at radius 2 is 1.18 bits per heavy atom. The number of hydrogen-bond donors (Lipinski definition) is 0. The van der Waals surface area contributed by atoms with Crippen LogP contribution in [0.25, 0.3) is 22.3 Å². The molecule has 34 heavy (non-hydrogen) atoms. The molecule has 0 N–H and O–H groups in total. The van der Waals surface area contributed by atoms with Crippen LogP contribution < -0.4 is 9.47 Å². The minimum Gasteiger partial charge on any atom is -0.462 e. The molecule has 0 saturated heterocycles. The Morgan fingerprint density at radius 1 is 0.706 bits per heavy atom. The third-order valence-corrected chi connectivity index (χ3v) is 4.42. The van der Waals surface area contributed by atoms with Gasteiger partial charge < -0.3 is 18.9 Å². The second kappa shape index (κ2) is 11.8. The lowest BCUT2D eigenvalue weighted by Gasteiger charge is -2.10. The minimum absolute atomic E-state index is 0.0866. The molecule has 0 atom stereocenters. The summed E-state index contributed by atoms with van der Waals surface area (Å²) in [6, 6.07) is 15.5. The highest BCUT2D eigenvalue weighted by Crippen LogP contribution is 2.32. The third-order valence-electron chi connectivity index (χ3n) is 4.42. The SMILES string of the molecule is C=CC(=O)O/C=C\Oc1ccc(-c2ccc(-c3ccc(O/C=C\OC=O)cc3)c(F)c2F)cc1. The van der Waals surface area contributed by atoms with E-state index in [1.165, 1.54) is 18.4 Å². The van der Waals surface area contributed by atoms with Gasteiger partial charge in [0.25, 0.3) is 6.47 Å². The van der Waals surface area contributed by atoms with Gasteiger partial charge in [-0.1, -0.05) is 43.0 Å². The molecule has 0 aliphatic heterocycles. The van der Waals surface area contributed by atoms with Crippen molar-refractivity contribution in [3.05, 3.63) is 110 Å². The smallest absolute Gasteiger partial charge is 0.335 e. The first-order valence-corrected chi connectivity index (χ1v) is 9.78. The van der Waals surface area contributed by atoms with Crippen molar-refractivity contribution in [2.24, 2.45) is 0 Å². The van der Waals surface area contributed by atoms with E-state index in [1.807, 2.05) is 0 Å². The van der Waals surface area contributed by atoms with E-state index in [9.17, 15) is 18.4 Å². The fourth-order valence-electron chi connectivity index (χ4n) is 2.84. The van der Waals surface area contributed by atoms with Crippen LogP contribution in [0.4, 0.5) is 8.78 Å². The molecule has 0 fully saturated rings. The molecule has 6 nitrogen and oxygen atoms in total. The summed E-state index contributed by atoms with van der Waals surface area (Å²) in [7, 11) is 0. The monoisotopic (exact) mass is 464 g/mol. The van der Waals surface area contributed by atoms with Crippen molar-refractivity contribution in [3.63, 3.8) is 0 Å². The maximum absolute atomic E-state index is 14.9. The van der Waals surface area contributed by atoms with Crippen LogP contribution in [0.15, 0.2) is 98.4 Å². The van der Waals surface area contributed by atoms with Crippen molar-refractivity contribution in [3.8, 4) is 33.8 Å². The number of benzene rings is 3. The summed E-state index contributed by atoms with van der Waals surface area (Å²) in [4.78, 5) is 21.0. The maximum atomic E-state index is 14.9. The average Bonchev–Trinajstić information content (AvgIpc) is 2.87. The first-order valence-electron chi connectivity index (χ1n) is 9.78. The number of ether oxygens (including phenoxy) is 4. The Balaban J connectivity index is 1.72. The standard InChI is InChI=1S/C26H18F2O6/c1-2-24(30)34-16-15-33-21-9-5-19(6-10-21)23-12-11-22(25(27)26(23)28)18-3-7-20(8-4-18)32-14-13-31-17-29/h2-17H,1H2/b14-13-,16-15-. The summed E-state index contributed by atoms with van der Waals surface area (Å²) in [5, 5.41) is 0. The molecule has 0 unspecified atom stereocenters. The summed E-state index contributed by atoms with van der Waals surface area (Å²) in [5.41, 5.74) is 1.08. The van der Waals surface area contributed by atoms with Gasteiger partial charge in [0.15, 0.2) is 11.6 Å². The van der Waals surface area contributed by atoms with Crippen molar-refractivity contribution in [1.29, 1.82) is 0 Å². The molecule has 3 aromatic rings. The van der Waals surface area contributed by atoms with Gasteiger partial charge in [0, 0.05) is 17.2 Å². The molecule has 0 amide bonds. The summed E-state index contributed by atoms with van der Waals surface area (Å²) in [5.74, 6) is -1.78. The van der Waals surface area contributed by atoms with Gasteiger partial charge >= 0.3 is 5.97 Å². The summed E-state index contributed by atoms with van der Waals surface area (Å²) >= 11 is 0. The van der Waals surface area contributed by atoms with Crippen molar-refractivity contribution in [2.45, 2.75) is 0 Å². The second-order valence-electron chi connectivity index (χ2n) is 6.49. The van der Waals surface area contributed by atoms with Crippen LogP contribution in [0, 0.1) is 11.6 Å². The van der Waals surface area contributed by atoms with Crippen LogP contribution in [0.2, 0.25) is 0 Å². The fourth-order valence-corrected chi connectivity index (χ4v) is 2.84. The van der Waals surface area contributed by atoms with E-state index in [-0.39, 0.29) is 17.6 Å². The van der Waals surface area contributed by atoms with Gasteiger partial charge in [-0.2, -0.15) is 0 Å². The largest absolute Gasteiger partial charge is 0.462 e. The van der Waals surface area contributed by atoms with Crippen molar-refractivity contribution < 1.29 is 37.3 Å². The van der Waals surface area contributed by atoms with Crippen LogP contribution in [-0.2, 0) is 19.1 Å². The molecular formula is C26H18F2O6. The molecule has 0 spiro atoms. The van der Waals surface area contributed by atoms with E-state index in [1.54, 1.807) is 48.5 Å². The Kier molecular flexibility index (Phi) is 8.29. The lowest BCUT2D eigenvalue weighted by molar-refractivity contribution is -0.132. The Hall–Kier alpha value is -4.72. The van der Waals surface area contributed by atoms with Crippen LogP contribution in [0.3, 0.4) is 0 Å². The normalized spacial score (nSPS) is 10.8. The third kappa shape index (κ3) is 6.17. The number of rotatable bonds is 10. The van der Waals surface area contributed by atoms with Gasteiger partial charge in [0.2, 0.25) is 0 Å². The number of carbonyl (C=O) groups is 2. The van der Waals surface area contributed by atoms with Crippen molar-refractivity contribution >= 4 is 12.4 Å². The van der Waals surface area contributed by atoms with E-state index in [2.05, 4.69) is 16.1 Å². The molecule has 8 heteroatoms. The molecule has 172 valence electrons. The molecule has 0 heterocycles. The second-order valence-corrected chi connectivity index (χ2v) is 6.49. The molecule has 0 radical (unpaired) electrons. The zero-order chi connectivity index (χ0) is 24.3. The molecule has 0 aliphatic rings. The zero-order valence-corrected chi connectivity index (χ0v) is 17.7. The van der Waals surface area contributed by atoms with E-state index >= 15 is 0 Å². The quantitative estimate of drug-likeness (QED) is 0.161. The highest BCUT2D eigenvalue weighted by molar-refractivity contribution is 5.81. The fraction of sp³-hybridized carbons (Fsp3) is 0. The topological polar surface area (TPSA) is 71.1 Å². The number of hydrogen-bond acceptors (Lipinski definition) is 6. The highest BCUT2D eigenvalue weighted by atomic mass is 19.2. The van der Waals surface area contributed by atoms with E-state index in [4.69, 9.17) is 9.47 Å². The molecule has 0 aliphatic carbocycles. The zero-order valence-electron chi connectivity index (χ0n) is 17.7. The molecule has 0 bridgehead atoms. The lowest BCUT2D eigenvalue weighted by Crippen LogP contribution is -1.94. The predicted octanol–water partition coefficient (Wildman–Crippen LogP) is 5.90. The van der Waals surface area contributed by atoms with Crippen LogP contribution in [-0.4, -0.2) is 12.4 Å². The lowest BCUT2D eigenvalue weighted by atomic mass is 9.98. The Bertz CT molecular complexity index is 1220.